The number of carbonyl (C=O) groups excluding carboxylic acids is 3. The molecular weight excluding hydrogens is 1010 g/mol. The molecule has 0 spiro atoms. The van der Waals surface area contributed by atoms with Gasteiger partial charge in [0, 0.05) is 19.3 Å². The van der Waals surface area contributed by atoms with Gasteiger partial charge in [0.05, 0.1) is 0 Å². The van der Waals surface area contributed by atoms with Crippen molar-refractivity contribution >= 4 is 17.9 Å². The summed E-state index contributed by atoms with van der Waals surface area (Å²) in [6.45, 7) is 6.52. The van der Waals surface area contributed by atoms with Crippen LogP contribution in [0.25, 0.3) is 0 Å². The Morgan fingerprint density at radius 2 is 0.476 bits per heavy atom. The molecule has 0 aliphatic rings. The normalized spacial score (nSPS) is 12.9. The van der Waals surface area contributed by atoms with Crippen molar-refractivity contribution in [2.24, 2.45) is 0 Å². The van der Waals surface area contributed by atoms with Crippen molar-refractivity contribution in [1.82, 2.24) is 0 Å². The maximum Gasteiger partial charge on any atom is 0.306 e. The Balaban J connectivity index is 4.23. The summed E-state index contributed by atoms with van der Waals surface area (Å²) in [4.78, 5) is 38.3. The van der Waals surface area contributed by atoms with E-state index in [1.807, 2.05) is 0 Å². The smallest absolute Gasteiger partial charge is 0.306 e. The van der Waals surface area contributed by atoms with Gasteiger partial charge >= 0.3 is 17.9 Å². The van der Waals surface area contributed by atoms with E-state index in [1.165, 1.54) is 148 Å². The summed E-state index contributed by atoms with van der Waals surface area (Å²) >= 11 is 0. The number of allylic oxidation sites excluding steroid dienone is 20. The molecule has 0 aliphatic carbocycles. The highest BCUT2D eigenvalue weighted by molar-refractivity contribution is 5.71. The van der Waals surface area contributed by atoms with Gasteiger partial charge in [-0.05, 0) is 116 Å². The molecule has 0 amide bonds. The van der Waals surface area contributed by atoms with E-state index < -0.39 is 6.10 Å². The van der Waals surface area contributed by atoms with Crippen molar-refractivity contribution in [1.29, 1.82) is 0 Å². The van der Waals surface area contributed by atoms with E-state index in [4.69, 9.17) is 14.2 Å². The second kappa shape index (κ2) is 69.3. The first-order chi connectivity index (χ1) is 40.5. The highest BCUT2D eigenvalue weighted by atomic mass is 16.6. The Hall–Kier alpha value is -4.19. The summed E-state index contributed by atoms with van der Waals surface area (Å²) in [7, 11) is 0. The van der Waals surface area contributed by atoms with Crippen LogP contribution in [0.1, 0.15) is 323 Å². The van der Waals surface area contributed by atoms with Crippen molar-refractivity contribution in [3.63, 3.8) is 0 Å². The van der Waals surface area contributed by atoms with Crippen LogP contribution in [0.5, 0.6) is 0 Å². The maximum atomic E-state index is 12.9. The number of hydrogen-bond acceptors (Lipinski definition) is 6. The molecule has 0 heterocycles. The van der Waals surface area contributed by atoms with Gasteiger partial charge in [0.1, 0.15) is 13.2 Å². The molecule has 0 bridgehead atoms. The Kier molecular flexibility index (Phi) is 65.8. The molecule has 1 atom stereocenters. The van der Waals surface area contributed by atoms with Gasteiger partial charge in [-0.1, -0.05) is 309 Å². The zero-order valence-corrected chi connectivity index (χ0v) is 53.7. The molecule has 0 rings (SSSR count). The van der Waals surface area contributed by atoms with E-state index in [-0.39, 0.29) is 31.1 Å². The van der Waals surface area contributed by atoms with Gasteiger partial charge < -0.3 is 14.2 Å². The molecule has 0 aromatic heterocycles. The van der Waals surface area contributed by atoms with Crippen LogP contribution in [0.2, 0.25) is 0 Å². The lowest BCUT2D eigenvalue weighted by Gasteiger charge is -2.18. The van der Waals surface area contributed by atoms with Crippen LogP contribution in [0, 0.1) is 0 Å². The fraction of sp³-hybridized carbons (Fsp3) is 0.697. The summed E-state index contributed by atoms with van der Waals surface area (Å²) < 4.78 is 16.9. The molecule has 1 unspecified atom stereocenters. The van der Waals surface area contributed by atoms with E-state index in [0.29, 0.717) is 19.3 Å². The largest absolute Gasteiger partial charge is 0.462 e. The van der Waals surface area contributed by atoms with Crippen molar-refractivity contribution in [3.05, 3.63) is 122 Å². The van der Waals surface area contributed by atoms with Crippen molar-refractivity contribution in [3.8, 4) is 0 Å². The lowest BCUT2D eigenvalue weighted by atomic mass is 10.0. The number of hydrogen-bond donors (Lipinski definition) is 0. The average Bonchev–Trinajstić information content (AvgIpc) is 3.47. The zero-order chi connectivity index (χ0) is 59.2. The summed E-state index contributed by atoms with van der Waals surface area (Å²) in [5, 5.41) is 0. The molecule has 0 saturated heterocycles. The molecule has 0 fully saturated rings. The number of esters is 3. The minimum atomic E-state index is -0.788. The van der Waals surface area contributed by atoms with Gasteiger partial charge in [-0.15, -0.1) is 0 Å². The topological polar surface area (TPSA) is 78.9 Å². The fourth-order valence-corrected chi connectivity index (χ4v) is 9.55. The predicted octanol–water partition coefficient (Wildman–Crippen LogP) is 23.9. The highest BCUT2D eigenvalue weighted by Gasteiger charge is 2.19. The number of carbonyl (C=O) groups is 3. The van der Waals surface area contributed by atoms with Gasteiger partial charge in [-0.2, -0.15) is 0 Å². The first kappa shape index (κ1) is 77.8. The van der Waals surface area contributed by atoms with E-state index in [9.17, 15) is 14.4 Å². The molecule has 0 saturated carbocycles. The SMILES string of the molecule is CC/C=C\C/C=C\C/C=C\C/C=C\C/C=C\C/C=C\C/C=C\C/C=C\CCCCCCCCCCCCC(=O)OCC(COC(=O)CCCCCCCCCCCCCCC)OC(=O)CCCCCCC/C=C\C/C=C\CCCCCC. The predicted molar refractivity (Wildman–Crippen MR) is 357 cm³/mol. The third kappa shape index (κ3) is 66.6. The number of unbranched alkanes of at least 4 members (excludes halogenated alkanes) is 31. The van der Waals surface area contributed by atoms with Gasteiger partial charge in [-0.25, -0.2) is 0 Å². The van der Waals surface area contributed by atoms with Crippen molar-refractivity contribution in [2.75, 3.05) is 13.2 Å². The first-order valence-electron chi connectivity index (χ1n) is 34.5. The Bertz CT molecular complexity index is 1690. The standard InChI is InChI=1S/C76H128O6/c1-4-7-10-13-16-19-22-25-27-29-30-31-32-33-34-35-36-37-38-39-40-41-42-43-44-45-46-47-49-51-54-57-60-63-66-69-75(78)81-72-73(71-80-74(77)68-65-62-59-56-53-50-24-21-18-15-12-9-6-3)82-76(79)70-67-64-61-58-55-52-48-28-26-23-20-17-14-11-8-5-2/h7,10,16,19-20,23,25,27-28,30-31,33-34,36-37,39-40,42-43,48,73H,4-6,8-9,11-15,17-18,21-22,24,26,29,32,35,38,41,44-47,49-72H2,1-3H3/b10-7-,19-16-,23-20-,27-25-,31-30-,34-33-,37-36-,40-39-,43-42-,48-28-. The molecule has 6 nitrogen and oxygen atoms in total. The zero-order valence-electron chi connectivity index (χ0n) is 53.7. The Morgan fingerprint density at radius 1 is 0.256 bits per heavy atom. The molecule has 468 valence electrons. The second-order valence-corrected chi connectivity index (χ2v) is 22.7. The van der Waals surface area contributed by atoms with E-state index in [2.05, 4.69) is 142 Å². The van der Waals surface area contributed by atoms with Gasteiger partial charge in [0.25, 0.3) is 0 Å². The van der Waals surface area contributed by atoms with Gasteiger partial charge in [0.2, 0.25) is 0 Å². The number of rotatable bonds is 62. The van der Waals surface area contributed by atoms with Crippen LogP contribution >= 0.6 is 0 Å². The van der Waals surface area contributed by atoms with Crippen LogP contribution < -0.4 is 0 Å². The van der Waals surface area contributed by atoms with E-state index in [0.717, 1.165) is 135 Å². The second-order valence-electron chi connectivity index (χ2n) is 22.7. The fourth-order valence-electron chi connectivity index (χ4n) is 9.55. The van der Waals surface area contributed by atoms with Crippen molar-refractivity contribution in [2.45, 2.75) is 329 Å². The van der Waals surface area contributed by atoms with E-state index >= 15 is 0 Å². The third-order valence-corrected chi connectivity index (χ3v) is 14.7. The minimum absolute atomic E-state index is 0.0826. The minimum Gasteiger partial charge on any atom is -0.462 e. The highest BCUT2D eigenvalue weighted by Crippen LogP contribution is 2.16. The van der Waals surface area contributed by atoms with E-state index in [1.54, 1.807) is 0 Å². The molecule has 6 heteroatoms. The van der Waals surface area contributed by atoms with Crippen LogP contribution in [0.15, 0.2) is 122 Å². The molecule has 0 N–H and O–H groups in total. The summed E-state index contributed by atoms with van der Waals surface area (Å²) in [5.41, 5.74) is 0. The average molecular weight is 1140 g/mol. The van der Waals surface area contributed by atoms with Crippen LogP contribution in [-0.2, 0) is 28.6 Å². The maximum absolute atomic E-state index is 12.9. The Labute approximate surface area is 507 Å². The molecule has 82 heavy (non-hydrogen) atoms. The van der Waals surface area contributed by atoms with Crippen LogP contribution in [0.4, 0.5) is 0 Å². The summed E-state index contributed by atoms with van der Waals surface area (Å²) in [6.07, 6.45) is 96.4. The van der Waals surface area contributed by atoms with Crippen LogP contribution in [-0.4, -0.2) is 37.2 Å². The number of ether oxygens (including phenoxy) is 3. The molecular formula is C76H128O6. The Morgan fingerprint density at radius 3 is 0.756 bits per heavy atom. The molecule has 0 aromatic carbocycles. The summed E-state index contributed by atoms with van der Waals surface area (Å²) in [6, 6.07) is 0. The van der Waals surface area contributed by atoms with Crippen LogP contribution in [0.3, 0.4) is 0 Å². The molecule has 0 aromatic rings. The third-order valence-electron chi connectivity index (χ3n) is 14.7. The molecule has 0 radical (unpaired) electrons. The summed E-state index contributed by atoms with van der Waals surface area (Å²) in [5.74, 6) is -0.891. The molecule has 0 aliphatic heterocycles. The monoisotopic (exact) mass is 1140 g/mol. The lowest BCUT2D eigenvalue weighted by Crippen LogP contribution is -2.30. The van der Waals surface area contributed by atoms with Crippen molar-refractivity contribution < 1.29 is 28.6 Å². The van der Waals surface area contributed by atoms with Gasteiger partial charge in [0.15, 0.2) is 6.10 Å². The lowest BCUT2D eigenvalue weighted by molar-refractivity contribution is -0.167. The van der Waals surface area contributed by atoms with Gasteiger partial charge in [-0.3, -0.25) is 14.4 Å². The quantitative estimate of drug-likeness (QED) is 0.0261. The first-order valence-corrected chi connectivity index (χ1v) is 34.5.